The fraction of sp³-hybridized carbons (Fsp3) is 0.667. The summed E-state index contributed by atoms with van der Waals surface area (Å²) in [4.78, 5) is 5.11. The van der Waals surface area contributed by atoms with E-state index in [9.17, 15) is 0 Å². The van der Waals surface area contributed by atoms with Gasteiger partial charge < -0.3 is 10.2 Å². The maximum absolute atomic E-state index is 3.46. The van der Waals surface area contributed by atoms with Crippen molar-refractivity contribution in [3.63, 3.8) is 0 Å². The first-order chi connectivity index (χ1) is 10.1. The number of likely N-dealkylation sites (tertiary alicyclic amines) is 1. The Labute approximate surface area is 130 Å². The van der Waals surface area contributed by atoms with E-state index in [1.165, 1.54) is 43.6 Å². The predicted octanol–water partition coefficient (Wildman–Crippen LogP) is 2.67. The number of benzene rings is 1. The maximum Gasteiger partial charge on any atom is 0.0446 e. The highest BCUT2D eigenvalue weighted by Gasteiger charge is 2.24. The molecule has 0 bridgehead atoms. The molecule has 1 aromatic carbocycles. The molecule has 0 spiro atoms. The molecule has 0 aromatic heterocycles. The number of hydrogen-bond acceptors (Lipinski definition) is 3. The summed E-state index contributed by atoms with van der Waals surface area (Å²) in [6.07, 6.45) is 2.71. The van der Waals surface area contributed by atoms with E-state index >= 15 is 0 Å². The van der Waals surface area contributed by atoms with Gasteiger partial charge in [0.25, 0.3) is 0 Å². The van der Waals surface area contributed by atoms with Gasteiger partial charge in [-0.3, -0.25) is 4.90 Å². The summed E-state index contributed by atoms with van der Waals surface area (Å²) < 4.78 is 0. The van der Waals surface area contributed by atoms with Gasteiger partial charge in [0, 0.05) is 25.2 Å². The Morgan fingerprint density at radius 2 is 2.05 bits per heavy atom. The molecule has 1 saturated heterocycles. The third-order valence-corrected chi connectivity index (χ3v) is 4.75. The van der Waals surface area contributed by atoms with E-state index in [1.54, 1.807) is 0 Å². The van der Waals surface area contributed by atoms with Crippen molar-refractivity contribution in [2.24, 2.45) is 0 Å². The van der Waals surface area contributed by atoms with E-state index in [1.807, 2.05) is 0 Å². The molecule has 2 unspecified atom stereocenters. The average molecular weight is 289 g/mol. The van der Waals surface area contributed by atoms with Crippen molar-refractivity contribution < 1.29 is 0 Å². The van der Waals surface area contributed by atoms with Crippen LogP contribution in [0.5, 0.6) is 0 Å². The number of hydrogen-bond donors (Lipinski definition) is 1. The second-order valence-electron chi connectivity index (χ2n) is 6.40. The Kier molecular flexibility index (Phi) is 6.22. The fourth-order valence-corrected chi connectivity index (χ4v) is 3.43. The quantitative estimate of drug-likeness (QED) is 0.832. The van der Waals surface area contributed by atoms with Crippen LogP contribution >= 0.6 is 0 Å². The summed E-state index contributed by atoms with van der Waals surface area (Å²) in [7, 11) is 4.32. The normalized spacial score (nSPS) is 21.1. The van der Waals surface area contributed by atoms with Crippen LogP contribution in [0.2, 0.25) is 0 Å². The molecule has 2 atom stereocenters. The van der Waals surface area contributed by atoms with Crippen molar-refractivity contribution in [2.75, 3.05) is 40.3 Å². The number of nitrogens with one attached hydrogen (secondary N) is 1. The van der Waals surface area contributed by atoms with Crippen LogP contribution < -0.4 is 5.32 Å². The van der Waals surface area contributed by atoms with Crippen LogP contribution in [0.4, 0.5) is 0 Å². The SMILES string of the molecule is CCN1CCCC1CN(C)CC(NC)c1ccc(C)cc1. The zero-order valence-corrected chi connectivity index (χ0v) is 14.1. The lowest BCUT2D eigenvalue weighted by molar-refractivity contribution is 0.189. The van der Waals surface area contributed by atoms with Crippen molar-refractivity contribution in [3.8, 4) is 0 Å². The minimum atomic E-state index is 0.409. The highest BCUT2D eigenvalue weighted by atomic mass is 15.2. The van der Waals surface area contributed by atoms with Gasteiger partial charge in [0.05, 0.1) is 0 Å². The maximum atomic E-state index is 3.46. The average Bonchev–Trinajstić information content (AvgIpc) is 2.93. The highest BCUT2D eigenvalue weighted by molar-refractivity contribution is 5.24. The third kappa shape index (κ3) is 4.53. The number of nitrogens with zero attached hydrogens (tertiary/aromatic N) is 2. The summed E-state index contributed by atoms with van der Waals surface area (Å²) in [5.41, 5.74) is 2.71. The molecule has 1 aliphatic heterocycles. The van der Waals surface area contributed by atoms with Gasteiger partial charge in [-0.1, -0.05) is 36.8 Å². The zero-order valence-electron chi connectivity index (χ0n) is 14.1. The minimum Gasteiger partial charge on any atom is -0.312 e. The Bertz CT molecular complexity index is 415. The minimum absolute atomic E-state index is 0.409. The van der Waals surface area contributed by atoms with Crippen molar-refractivity contribution in [3.05, 3.63) is 35.4 Å². The van der Waals surface area contributed by atoms with Crippen LogP contribution in [0, 0.1) is 6.92 Å². The molecule has 1 N–H and O–H groups in total. The smallest absolute Gasteiger partial charge is 0.0446 e. The van der Waals surface area contributed by atoms with Gasteiger partial charge in [-0.25, -0.2) is 0 Å². The molecular weight excluding hydrogens is 258 g/mol. The first kappa shape index (κ1) is 16.5. The van der Waals surface area contributed by atoms with Gasteiger partial charge in [-0.15, -0.1) is 0 Å². The first-order valence-corrected chi connectivity index (χ1v) is 8.30. The topological polar surface area (TPSA) is 18.5 Å². The zero-order chi connectivity index (χ0) is 15.2. The molecule has 1 aliphatic rings. The largest absolute Gasteiger partial charge is 0.312 e. The van der Waals surface area contributed by atoms with Gasteiger partial charge in [0.15, 0.2) is 0 Å². The van der Waals surface area contributed by atoms with E-state index in [4.69, 9.17) is 0 Å². The van der Waals surface area contributed by atoms with Crippen LogP contribution in [-0.2, 0) is 0 Å². The van der Waals surface area contributed by atoms with Crippen LogP contribution in [0.3, 0.4) is 0 Å². The second kappa shape index (κ2) is 7.92. The number of rotatable bonds is 7. The monoisotopic (exact) mass is 289 g/mol. The van der Waals surface area contributed by atoms with Crippen LogP contribution in [-0.4, -0.2) is 56.1 Å². The van der Waals surface area contributed by atoms with E-state index in [-0.39, 0.29) is 0 Å². The molecule has 1 heterocycles. The van der Waals surface area contributed by atoms with E-state index < -0.39 is 0 Å². The van der Waals surface area contributed by atoms with Gasteiger partial charge >= 0.3 is 0 Å². The Hall–Kier alpha value is -0.900. The van der Waals surface area contributed by atoms with Crippen LogP contribution in [0.25, 0.3) is 0 Å². The molecule has 21 heavy (non-hydrogen) atoms. The van der Waals surface area contributed by atoms with Crippen LogP contribution in [0.15, 0.2) is 24.3 Å². The Balaban J connectivity index is 1.90. The van der Waals surface area contributed by atoms with Crippen molar-refractivity contribution in [2.45, 2.75) is 38.8 Å². The summed E-state index contributed by atoms with van der Waals surface area (Å²) >= 11 is 0. The molecule has 3 heteroatoms. The highest BCUT2D eigenvalue weighted by Crippen LogP contribution is 2.19. The van der Waals surface area contributed by atoms with Gasteiger partial charge in [0.2, 0.25) is 0 Å². The molecule has 118 valence electrons. The molecule has 3 nitrogen and oxygen atoms in total. The van der Waals surface area contributed by atoms with Gasteiger partial charge in [-0.05, 0) is 52.5 Å². The second-order valence-corrected chi connectivity index (χ2v) is 6.40. The van der Waals surface area contributed by atoms with E-state index in [2.05, 4.69) is 67.3 Å². The van der Waals surface area contributed by atoms with E-state index in [0.29, 0.717) is 6.04 Å². The number of aryl methyl sites for hydroxylation is 1. The predicted molar refractivity (Wildman–Crippen MR) is 90.7 cm³/mol. The summed E-state index contributed by atoms with van der Waals surface area (Å²) in [5.74, 6) is 0. The van der Waals surface area contributed by atoms with Gasteiger partial charge in [0.1, 0.15) is 0 Å². The summed E-state index contributed by atoms with van der Waals surface area (Å²) in [5, 5.41) is 3.46. The third-order valence-electron chi connectivity index (χ3n) is 4.75. The first-order valence-electron chi connectivity index (χ1n) is 8.30. The molecular formula is C18H31N3. The van der Waals surface area contributed by atoms with Gasteiger partial charge in [-0.2, -0.15) is 0 Å². The molecule has 2 rings (SSSR count). The number of likely N-dealkylation sites (N-methyl/N-ethyl adjacent to an activating group) is 3. The lowest BCUT2D eigenvalue weighted by Gasteiger charge is -2.30. The van der Waals surface area contributed by atoms with Crippen molar-refractivity contribution >= 4 is 0 Å². The molecule has 1 fully saturated rings. The Morgan fingerprint density at radius 3 is 2.67 bits per heavy atom. The molecule has 0 aliphatic carbocycles. The molecule has 0 amide bonds. The molecule has 0 saturated carbocycles. The van der Waals surface area contributed by atoms with E-state index in [0.717, 1.165) is 12.6 Å². The summed E-state index contributed by atoms with van der Waals surface area (Å²) in [6.45, 7) is 9.13. The fourth-order valence-electron chi connectivity index (χ4n) is 3.43. The summed E-state index contributed by atoms with van der Waals surface area (Å²) in [6, 6.07) is 10.1. The molecule has 0 radical (unpaired) electrons. The molecule has 1 aromatic rings. The van der Waals surface area contributed by atoms with Crippen LogP contribution in [0.1, 0.15) is 36.9 Å². The van der Waals surface area contributed by atoms with Crippen molar-refractivity contribution in [1.29, 1.82) is 0 Å². The lowest BCUT2D eigenvalue weighted by Crippen LogP contribution is -2.41. The standard InChI is InChI=1S/C18H31N3/c1-5-21-12-6-7-17(21)13-20(4)14-18(19-3)16-10-8-15(2)9-11-16/h8-11,17-19H,5-7,12-14H2,1-4H3. The van der Waals surface area contributed by atoms with Crippen molar-refractivity contribution in [1.82, 2.24) is 15.1 Å². The lowest BCUT2D eigenvalue weighted by atomic mass is 10.0. The Morgan fingerprint density at radius 1 is 1.33 bits per heavy atom.